The van der Waals surface area contributed by atoms with Crippen LogP contribution in [0.1, 0.15) is 12.8 Å². The average Bonchev–Trinajstić information content (AvgIpc) is 3.71. The maximum absolute atomic E-state index is 13.6. The molecule has 0 atom stereocenters. The van der Waals surface area contributed by atoms with E-state index in [2.05, 4.69) is 25.5 Å². The number of carbonyl (C=O) groups excluding carboxylic acids is 1. The molecule has 36 heavy (non-hydrogen) atoms. The highest BCUT2D eigenvalue weighted by Crippen LogP contribution is 2.32. The fourth-order valence-electron chi connectivity index (χ4n) is 3.81. The Bertz CT molecular complexity index is 1280. The minimum Gasteiger partial charge on any atom is -0.463 e. The van der Waals surface area contributed by atoms with E-state index in [1.807, 2.05) is 6.08 Å². The molecule has 2 heterocycles. The summed E-state index contributed by atoms with van der Waals surface area (Å²) >= 11 is 5.96. The third kappa shape index (κ3) is 6.48. The summed E-state index contributed by atoms with van der Waals surface area (Å²) in [6.45, 7) is 4.41. The Morgan fingerprint density at radius 2 is 1.97 bits per heavy atom. The van der Waals surface area contributed by atoms with Crippen LogP contribution >= 0.6 is 11.6 Å². The number of halogens is 2. The second kappa shape index (κ2) is 11.2. The fourth-order valence-corrected chi connectivity index (χ4v) is 3.99. The largest absolute Gasteiger partial charge is 0.463 e. The number of nitrogens with one attached hydrogen (secondary N) is 2. The van der Waals surface area contributed by atoms with Gasteiger partial charge in [-0.2, -0.15) is 9.97 Å². The van der Waals surface area contributed by atoms with Crippen LogP contribution in [0.3, 0.4) is 0 Å². The molecule has 8 nitrogen and oxygen atoms in total. The van der Waals surface area contributed by atoms with Crippen molar-refractivity contribution in [3.05, 3.63) is 59.4 Å². The van der Waals surface area contributed by atoms with E-state index in [4.69, 9.17) is 21.1 Å². The van der Waals surface area contributed by atoms with Crippen LogP contribution in [-0.2, 0) is 9.53 Å². The first kappa shape index (κ1) is 24.4. The van der Waals surface area contributed by atoms with E-state index in [-0.39, 0.29) is 16.9 Å². The van der Waals surface area contributed by atoms with Gasteiger partial charge in [0.15, 0.2) is 0 Å². The van der Waals surface area contributed by atoms with E-state index < -0.39 is 5.82 Å². The molecule has 10 heteroatoms. The van der Waals surface area contributed by atoms with Crippen molar-refractivity contribution in [3.63, 3.8) is 0 Å². The molecule has 188 valence electrons. The van der Waals surface area contributed by atoms with E-state index in [9.17, 15) is 9.18 Å². The van der Waals surface area contributed by atoms with E-state index in [1.54, 1.807) is 24.3 Å². The van der Waals surface area contributed by atoms with Gasteiger partial charge in [0, 0.05) is 42.5 Å². The number of hydrogen-bond acceptors (Lipinski definition) is 7. The van der Waals surface area contributed by atoms with Crippen LogP contribution in [0.15, 0.2) is 48.6 Å². The Hall–Kier alpha value is -3.27. The van der Waals surface area contributed by atoms with Gasteiger partial charge in [-0.1, -0.05) is 17.7 Å². The summed E-state index contributed by atoms with van der Waals surface area (Å²) < 4.78 is 24.8. The second-order valence-corrected chi connectivity index (χ2v) is 9.31. The lowest BCUT2D eigenvalue weighted by Gasteiger charge is -2.25. The smallest absolute Gasteiger partial charge is 0.318 e. The Morgan fingerprint density at radius 3 is 2.75 bits per heavy atom. The fraction of sp³-hybridized carbons (Fsp3) is 0.346. The van der Waals surface area contributed by atoms with Gasteiger partial charge in [-0.3, -0.25) is 9.69 Å². The van der Waals surface area contributed by atoms with Crippen molar-refractivity contribution in [2.45, 2.75) is 12.8 Å². The number of benzene rings is 2. The molecule has 0 unspecified atom stereocenters. The summed E-state index contributed by atoms with van der Waals surface area (Å²) in [6, 6.07) is 9.98. The summed E-state index contributed by atoms with van der Waals surface area (Å²) in [5.41, 5.74) is 1.81. The zero-order valence-electron chi connectivity index (χ0n) is 19.7. The lowest BCUT2D eigenvalue weighted by atomic mass is 10.2. The monoisotopic (exact) mass is 511 g/mol. The molecule has 1 amide bonds. The average molecular weight is 512 g/mol. The number of rotatable bonds is 9. The van der Waals surface area contributed by atoms with Crippen LogP contribution in [0, 0.1) is 11.7 Å². The lowest BCUT2D eigenvalue weighted by Crippen LogP contribution is -2.36. The third-order valence-electron chi connectivity index (χ3n) is 6.01. The summed E-state index contributed by atoms with van der Waals surface area (Å²) in [7, 11) is 0. The van der Waals surface area contributed by atoms with Crippen LogP contribution in [0.25, 0.3) is 10.9 Å². The standard InChI is InChI=1S/C26H27ClFN5O3/c27-21-15-19(5-7-22(21)28)30-25-20-14-18(29-24(34)2-1-9-33-10-12-35-13-11-33)6-8-23(20)31-26(32-25)36-16-17-3-4-17/h1-2,5-8,14-15,17H,3-4,9-13,16H2,(H,29,34)(H,30,31,32). The number of amides is 1. The Kier molecular flexibility index (Phi) is 7.60. The maximum atomic E-state index is 13.6. The zero-order valence-corrected chi connectivity index (χ0v) is 20.4. The van der Waals surface area contributed by atoms with Gasteiger partial charge in [0.25, 0.3) is 0 Å². The summed E-state index contributed by atoms with van der Waals surface area (Å²) in [5.74, 6) is 0.278. The van der Waals surface area contributed by atoms with Crippen molar-refractivity contribution < 1.29 is 18.7 Å². The molecule has 2 fully saturated rings. The van der Waals surface area contributed by atoms with Crippen LogP contribution < -0.4 is 15.4 Å². The first-order chi connectivity index (χ1) is 17.5. The minimum atomic E-state index is -0.505. The summed E-state index contributed by atoms with van der Waals surface area (Å²) in [6.07, 6.45) is 5.68. The van der Waals surface area contributed by atoms with Crippen molar-refractivity contribution in [2.24, 2.45) is 5.92 Å². The molecule has 3 aromatic rings. The third-order valence-corrected chi connectivity index (χ3v) is 6.30. The molecular formula is C26H27ClFN5O3. The molecule has 5 rings (SSSR count). The maximum Gasteiger partial charge on any atom is 0.318 e. The molecule has 1 aliphatic carbocycles. The molecule has 2 aliphatic rings. The van der Waals surface area contributed by atoms with Crippen molar-refractivity contribution in [2.75, 3.05) is 50.1 Å². The number of aromatic nitrogens is 2. The van der Waals surface area contributed by atoms with Crippen molar-refractivity contribution in [1.29, 1.82) is 0 Å². The molecule has 0 bridgehead atoms. The summed E-state index contributed by atoms with van der Waals surface area (Å²) in [5, 5.41) is 6.74. The number of ether oxygens (including phenoxy) is 2. The Labute approximate surface area is 213 Å². The zero-order chi connectivity index (χ0) is 24.9. The van der Waals surface area contributed by atoms with Crippen LogP contribution in [0.4, 0.5) is 21.6 Å². The van der Waals surface area contributed by atoms with Gasteiger partial charge in [-0.05, 0) is 55.2 Å². The van der Waals surface area contributed by atoms with Crippen molar-refractivity contribution in [3.8, 4) is 6.01 Å². The molecule has 1 aromatic heterocycles. The first-order valence-electron chi connectivity index (χ1n) is 12.0. The van der Waals surface area contributed by atoms with Crippen LogP contribution in [-0.4, -0.2) is 60.2 Å². The lowest BCUT2D eigenvalue weighted by molar-refractivity contribution is -0.111. The highest BCUT2D eigenvalue weighted by molar-refractivity contribution is 6.31. The van der Waals surface area contributed by atoms with Gasteiger partial charge in [0.2, 0.25) is 5.91 Å². The molecule has 1 saturated carbocycles. The molecule has 0 radical (unpaired) electrons. The second-order valence-electron chi connectivity index (χ2n) is 8.90. The number of fused-ring (bicyclic) bond motifs is 1. The van der Waals surface area contributed by atoms with E-state index >= 15 is 0 Å². The van der Waals surface area contributed by atoms with Gasteiger partial charge in [0.05, 0.1) is 30.4 Å². The van der Waals surface area contributed by atoms with Gasteiger partial charge < -0.3 is 20.1 Å². The predicted octanol–water partition coefficient (Wildman–Crippen LogP) is 4.78. The molecule has 1 aliphatic heterocycles. The van der Waals surface area contributed by atoms with Gasteiger partial charge in [0.1, 0.15) is 11.6 Å². The van der Waals surface area contributed by atoms with Gasteiger partial charge >= 0.3 is 6.01 Å². The topological polar surface area (TPSA) is 88.6 Å². The molecule has 0 spiro atoms. The number of carbonyl (C=O) groups is 1. The van der Waals surface area contributed by atoms with E-state index in [1.165, 1.54) is 18.2 Å². The SMILES string of the molecule is O=C(C=CCN1CCOCC1)Nc1ccc2nc(OCC3CC3)nc(Nc3ccc(F)c(Cl)c3)c2c1. The summed E-state index contributed by atoms with van der Waals surface area (Å²) in [4.78, 5) is 23.8. The Balaban J connectivity index is 1.35. The number of morpholine rings is 1. The van der Waals surface area contributed by atoms with E-state index in [0.29, 0.717) is 60.4 Å². The first-order valence-corrected chi connectivity index (χ1v) is 12.4. The van der Waals surface area contributed by atoms with Gasteiger partial charge in [-0.25, -0.2) is 4.39 Å². The molecule has 2 aromatic carbocycles. The molecular weight excluding hydrogens is 485 g/mol. The van der Waals surface area contributed by atoms with Crippen LogP contribution in [0.2, 0.25) is 5.02 Å². The highest BCUT2D eigenvalue weighted by Gasteiger charge is 2.23. The molecule has 1 saturated heterocycles. The van der Waals surface area contributed by atoms with E-state index in [0.717, 1.165) is 25.9 Å². The molecule has 2 N–H and O–H groups in total. The quantitative estimate of drug-likeness (QED) is 0.400. The van der Waals surface area contributed by atoms with Gasteiger partial charge in [-0.15, -0.1) is 0 Å². The minimum absolute atomic E-state index is 0.000359. The number of nitrogens with zero attached hydrogens (tertiary/aromatic N) is 3. The number of anilines is 3. The van der Waals surface area contributed by atoms with Crippen molar-refractivity contribution in [1.82, 2.24) is 14.9 Å². The van der Waals surface area contributed by atoms with Crippen LogP contribution in [0.5, 0.6) is 6.01 Å². The highest BCUT2D eigenvalue weighted by atomic mass is 35.5. The normalized spacial score (nSPS) is 16.4. The van der Waals surface area contributed by atoms with Crippen molar-refractivity contribution >= 4 is 45.6 Å². The Morgan fingerprint density at radius 1 is 1.17 bits per heavy atom. The predicted molar refractivity (Wildman–Crippen MR) is 137 cm³/mol. The number of hydrogen-bond donors (Lipinski definition) is 2.